The molecule has 4 heteroatoms. The number of hydrogen-bond donors (Lipinski definition) is 1. The molecule has 0 amide bonds. The van der Waals surface area contributed by atoms with Gasteiger partial charge in [-0.1, -0.05) is 27.7 Å². The zero-order valence-electron chi connectivity index (χ0n) is 11.2. The van der Waals surface area contributed by atoms with Crippen LogP contribution >= 0.6 is 0 Å². The van der Waals surface area contributed by atoms with E-state index in [0.29, 0.717) is 11.8 Å². The molecule has 0 radical (unpaired) electrons. The number of aromatic nitrogens is 2. The third-order valence-corrected chi connectivity index (χ3v) is 3.25. The van der Waals surface area contributed by atoms with Crippen LogP contribution in [0.1, 0.15) is 52.4 Å². The molecule has 4 nitrogen and oxygen atoms in total. The van der Waals surface area contributed by atoms with E-state index in [0.717, 1.165) is 12.3 Å². The molecule has 0 aliphatic heterocycles. The fraction of sp³-hybridized carbons (Fsp3) is 0.833. The second-order valence-electron chi connectivity index (χ2n) is 5.52. The van der Waals surface area contributed by atoms with Gasteiger partial charge < -0.3 is 9.73 Å². The predicted octanol–water partition coefficient (Wildman–Crippen LogP) is 2.57. The molecule has 16 heavy (non-hydrogen) atoms. The molecule has 1 rings (SSSR count). The molecular formula is C12H23N3O. The molecule has 92 valence electrons. The number of rotatable bonds is 4. The van der Waals surface area contributed by atoms with Crippen molar-refractivity contribution in [2.24, 2.45) is 11.3 Å². The second kappa shape index (κ2) is 4.95. The first-order valence-electron chi connectivity index (χ1n) is 5.84. The highest BCUT2D eigenvalue weighted by molar-refractivity contribution is 4.89. The Hall–Kier alpha value is -0.900. The van der Waals surface area contributed by atoms with E-state index in [1.54, 1.807) is 0 Å². The Morgan fingerprint density at radius 1 is 1.25 bits per heavy atom. The summed E-state index contributed by atoms with van der Waals surface area (Å²) in [6, 6.07) is 0.117. The first-order valence-corrected chi connectivity index (χ1v) is 5.84. The third-order valence-electron chi connectivity index (χ3n) is 3.25. The smallest absolute Gasteiger partial charge is 0.233 e. The van der Waals surface area contributed by atoms with Gasteiger partial charge in [-0.05, 0) is 25.3 Å². The van der Waals surface area contributed by atoms with Gasteiger partial charge in [0.1, 0.15) is 0 Å². The summed E-state index contributed by atoms with van der Waals surface area (Å²) in [6.45, 7) is 10.9. The van der Waals surface area contributed by atoms with Crippen LogP contribution in [-0.2, 0) is 6.42 Å². The molecule has 2 unspecified atom stereocenters. The van der Waals surface area contributed by atoms with Crippen LogP contribution in [-0.4, -0.2) is 17.2 Å². The third kappa shape index (κ3) is 3.30. The van der Waals surface area contributed by atoms with Crippen LogP contribution in [0.4, 0.5) is 0 Å². The van der Waals surface area contributed by atoms with Crippen molar-refractivity contribution in [3.8, 4) is 0 Å². The lowest BCUT2D eigenvalue weighted by molar-refractivity contribution is 0.242. The Balaban J connectivity index is 2.66. The van der Waals surface area contributed by atoms with Gasteiger partial charge in [-0.15, -0.1) is 10.2 Å². The summed E-state index contributed by atoms with van der Waals surface area (Å²) in [5.41, 5.74) is 0.267. The lowest BCUT2D eigenvalue weighted by Crippen LogP contribution is -2.19. The van der Waals surface area contributed by atoms with Crippen LogP contribution in [0.25, 0.3) is 0 Å². The highest BCUT2D eigenvalue weighted by Gasteiger charge is 2.23. The summed E-state index contributed by atoms with van der Waals surface area (Å²) in [5, 5.41) is 11.2. The normalized spacial score (nSPS) is 16.1. The SMILES string of the molecule is CNC(C)c1nnc(CC(C)C(C)(C)C)o1. The highest BCUT2D eigenvalue weighted by Crippen LogP contribution is 2.28. The molecule has 0 bridgehead atoms. The molecule has 0 spiro atoms. The zero-order valence-corrected chi connectivity index (χ0v) is 11.2. The maximum absolute atomic E-state index is 5.62. The average Bonchev–Trinajstić information content (AvgIpc) is 2.63. The van der Waals surface area contributed by atoms with Crippen molar-refractivity contribution in [2.45, 2.75) is 47.1 Å². The molecule has 0 saturated carbocycles. The van der Waals surface area contributed by atoms with Crippen LogP contribution in [0.2, 0.25) is 0 Å². The maximum Gasteiger partial charge on any atom is 0.233 e. The standard InChI is InChI=1S/C12H23N3O/c1-8(12(3,4)5)7-10-14-15-11(16-10)9(2)13-6/h8-9,13H,7H2,1-6H3. The molecular weight excluding hydrogens is 202 g/mol. The lowest BCUT2D eigenvalue weighted by Gasteiger charge is -2.25. The molecule has 1 aromatic heterocycles. The summed E-state index contributed by atoms with van der Waals surface area (Å²) in [5.74, 6) is 1.92. The zero-order chi connectivity index (χ0) is 12.3. The number of nitrogens with zero attached hydrogens (tertiary/aromatic N) is 2. The van der Waals surface area contributed by atoms with Crippen molar-refractivity contribution in [3.63, 3.8) is 0 Å². The van der Waals surface area contributed by atoms with E-state index in [1.165, 1.54) is 0 Å². The van der Waals surface area contributed by atoms with Crippen LogP contribution in [0, 0.1) is 11.3 Å². The van der Waals surface area contributed by atoms with Gasteiger partial charge in [0.2, 0.25) is 11.8 Å². The Morgan fingerprint density at radius 3 is 2.38 bits per heavy atom. The van der Waals surface area contributed by atoms with Gasteiger partial charge in [-0.25, -0.2) is 0 Å². The fourth-order valence-corrected chi connectivity index (χ4v) is 1.22. The van der Waals surface area contributed by atoms with Crippen LogP contribution in [0.5, 0.6) is 0 Å². The van der Waals surface area contributed by atoms with E-state index in [-0.39, 0.29) is 11.5 Å². The van der Waals surface area contributed by atoms with E-state index >= 15 is 0 Å². The Bertz CT molecular complexity index is 327. The van der Waals surface area contributed by atoms with Gasteiger partial charge in [0.15, 0.2) is 0 Å². The fourth-order valence-electron chi connectivity index (χ4n) is 1.22. The first kappa shape index (κ1) is 13.2. The lowest BCUT2D eigenvalue weighted by atomic mass is 9.80. The molecule has 1 heterocycles. The topological polar surface area (TPSA) is 51.0 Å². The van der Waals surface area contributed by atoms with Crippen molar-refractivity contribution in [2.75, 3.05) is 7.05 Å². The maximum atomic E-state index is 5.62. The summed E-state index contributed by atoms with van der Waals surface area (Å²) in [6.07, 6.45) is 0.840. The minimum Gasteiger partial charge on any atom is -0.424 e. The first-order chi connectivity index (χ1) is 7.34. The second-order valence-corrected chi connectivity index (χ2v) is 5.52. The minimum absolute atomic E-state index is 0.117. The molecule has 2 atom stereocenters. The molecule has 0 saturated heterocycles. The van der Waals surface area contributed by atoms with Crippen molar-refractivity contribution in [1.29, 1.82) is 0 Å². The summed E-state index contributed by atoms with van der Waals surface area (Å²) >= 11 is 0. The molecule has 1 N–H and O–H groups in total. The van der Waals surface area contributed by atoms with Crippen molar-refractivity contribution in [3.05, 3.63) is 11.8 Å². The summed E-state index contributed by atoms with van der Waals surface area (Å²) < 4.78 is 5.62. The Morgan fingerprint density at radius 2 is 1.88 bits per heavy atom. The minimum atomic E-state index is 0.117. The number of hydrogen-bond acceptors (Lipinski definition) is 4. The van der Waals surface area contributed by atoms with Crippen molar-refractivity contribution >= 4 is 0 Å². The molecule has 1 aromatic rings. The van der Waals surface area contributed by atoms with Gasteiger partial charge >= 0.3 is 0 Å². The van der Waals surface area contributed by atoms with Gasteiger partial charge in [-0.2, -0.15) is 0 Å². The molecule has 0 fully saturated rings. The predicted molar refractivity (Wildman–Crippen MR) is 64.1 cm³/mol. The van der Waals surface area contributed by atoms with E-state index in [2.05, 4.69) is 43.2 Å². The molecule has 0 aliphatic carbocycles. The van der Waals surface area contributed by atoms with Gasteiger partial charge in [0.05, 0.1) is 6.04 Å². The summed E-state index contributed by atoms with van der Waals surface area (Å²) in [7, 11) is 1.88. The largest absolute Gasteiger partial charge is 0.424 e. The van der Waals surface area contributed by atoms with E-state index < -0.39 is 0 Å². The van der Waals surface area contributed by atoms with Crippen LogP contribution in [0.3, 0.4) is 0 Å². The van der Waals surface area contributed by atoms with E-state index in [1.807, 2.05) is 14.0 Å². The van der Waals surface area contributed by atoms with Gasteiger partial charge in [0, 0.05) is 6.42 Å². The number of nitrogens with one attached hydrogen (secondary N) is 1. The van der Waals surface area contributed by atoms with E-state index in [4.69, 9.17) is 4.42 Å². The summed E-state index contributed by atoms with van der Waals surface area (Å²) in [4.78, 5) is 0. The van der Waals surface area contributed by atoms with Crippen LogP contribution < -0.4 is 5.32 Å². The molecule has 0 aromatic carbocycles. The van der Waals surface area contributed by atoms with E-state index in [9.17, 15) is 0 Å². The van der Waals surface area contributed by atoms with Crippen molar-refractivity contribution < 1.29 is 4.42 Å². The quantitative estimate of drug-likeness (QED) is 0.855. The molecule has 0 aliphatic rings. The highest BCUT2D eigenvalue weighted by atomic mass is 16.4. The van der Waals surface area contributed by atoms with Gasteiger partial charge in [0.25, 0.3) is 0 Å². The van der Waals surface area contributed by atoms with Gasteiger partial charge in [-0.3, -0.25) is 0 Å². The van der Waals surface area contributed by atoms with Crippen LogP contribution in [0.15, 0.2) is 4.42 Å². The average molecular weight is 225 g/mol. The van der Waals surface area contributed by atoms with Crippen molar-refractivity contribution in [1.82, 2.24) is 15.5 Å². The Labute approximate surface area is 97.8 Å². The Kier molecular flexibility index (Phi) is 4.08. The monoisotopic (exact) mass is 225 g/mol.